The second-order valence-electron chi connectivity index (χ2n) is 8.29. The van der Waals surface area contributed by atoms with Gasteiger partial charge in [-0.2, -0.15) is 0 Å². The first-order chi connectivity index (χ1) is 14.6. The maximum Gasteiger partial charge on any atom is 0.328 e. The van der Waals surface area contributed by atoms with E-state index in [0.717, 1.165) is 12.8 Å². The Morgan fingerprint density at radius 1 is 0.867 bits per heavy atom. The molecule has 0 bridgehead atoms. The molecule has 1 amide bonds. The molecule has 0 aromatic carbocycles. The van der Waals surface area contributed by atoms with Crippen molar-refractivity contribution in [2.24, 2.45) is 0 Å². The average Bonchev–Trinajstić information content (AvgIpc) is 3.28. The molecule has 1 atom stereocenters. The summed E-state index contributed by atoms with van der Waals surface area (Å²) < 4.78 is 5.29. The standard InChI is InChI=1S/C25H43NO3S/c1-3-4-5-6-7-8-9-10-11-12-13-14-15-16-17-20-29-25(28)22(2)26-24(27)23-19-18-21-30-23/h18-19,21-22H,3-17,20H2,1-2H3,(H,26,27). The summed E-state index contributed by atoms with van der Waals surface area (Å²) >= 11 is 1.36. The fourth-order valence-corrected chi connectivity index (χ4v) is 4.13. The molecule has 0 saturated carbocycles. The van der Waals surface area contributed by atoms with Gasteiger partial charge in [-0.1, -0.05) is 103 Å². The van der Waals surface area contributed by atoms with E-state index in [4.69, 9.17) is 4.74 Å². The molecule has 0 aliphatic carbocycles. The summed E-state index contributed by atoms with van der Waals surface area (Å²) in [6, 6.07) is 2.95. The van der Waals surface area contributed by atoms with Crippen molar-refractivity contribution >= 4 is 23.2 Å². The summed E-state index contributed by atoms with van der Waals surface area (Å²) in [6.07, 6.45) is 19.7. The second-order valence-corrected chi connectivity index (χ2v) is 9.24. The molecule has 1 aromatic rings. The lowest BCUT2D eigenvalue weighted by atomic mass is 10.0. The fraction of sp³-hybridized carbons (Fsp3) is 0.760. The van der Waals surface area contributed by atoms with Crippen LogP contribution in [0.5, 0.6) is 0 Å². The molecule has 1 unspecified atom stereocenters. The van der Waals surface area contributed by atoms with Crippen LogP contribution < -0.4 is 5.32 Å². The van der Waals surface area contributed by atoms with Gasteiger partial charge in [0.2, 0.25) is 0 Å². The number of hydrogen-bond acceptors (Lipinski definition) is 4. The Balaban J connectivity index is 1.84. The van der Waals surface area contributed by atoms with E-state index >= 15 is 0 Å². The van der Waals surface area contributed by atoms with Gasteiger partial charge in [0, 0.05) is 0 Å². The van der Waals surface area contributed by atoms with Crippen LogP contribution in [-0.2, 0) is 9.53 Å². The van der Waals surface area contributed by atoms with Gasteiger partial charge in [0.1, 0.15) is 6.04 Å². The topological polar surface area (TPSA) is 55.4 Å². The molecule has 1 aromatic heterocycles. The van der Waals surface area contributed by atoms with Crippen molar-refractivity contribution < 1.29 is 14.3 Å². The predicted octanol–water partition coefficient (Wildman–Crippen LogP) is 7.28. The molecule has 4 nitrogen and oxygen atoms in total. The number of hydrogen-bond donors (Lipinski definition) is 1. The largest absolute Gasteiger partial charge is 0.464 e. The molecular formula is C25H43NO3S. The van der Waals surface area contributed by atoms with E-state index in [0.29, 0.717) is 11.5 Å². The summed E-state index contributed by atoms with van der Waals surface area (Å²) in [5.41, 5.74) is 0. The maximum absolute atomic E-state index is 12.0. The third kappa shape index (κ3) is 13.8. The van der Waals surface area contributed by atoms with Gasteiger partial charge in [0.05, 0.1) is 11.5 Å². The number of carbonyl (C=O) groups excluding carboxylic acids is 2. The van der Waals surface area contributed by atoms with Crippen LogP contribution in [0.15, 0.2) is 17.5 Å². The van der Waals surface area contributed by atoms with E-state index in [1.807, 2.05) is 11.4 Å². The van der Waals surface area contributed by atoms with Crippen LogP contribution >= 0.6 is 11.3 Å². The molecule has 0 radical (unpaired) electrons. The first-order valence-corrected chi connectivity index (χ1v) is 13.0. The van der Waals surface area contributed by atoms with Gasteiger partial charge >= 0.3 is 5.97 Å². The highest BCUT2D eigenvalue weighted by molar-refractivity contribution is 7.12. The number of thiophene rings is 1. The van der Waals surface area contributed by atoms with Gasteiger partial charge in [0.25, 0.3) is 5.91 Å². The lowest BCUT2D eigenvalue weighted by molar-refractivity contribution is -0.145. The van der Waals surface area contributed by atoms with Crippen molar-refractivity contribution in [1.82, 2.24) is 5.32 Å². The Hall–Kier alpha value is -1.36. The van der Waals surface area contributed by atoms with E-state index in [1.165, 1.54) is 94.8 Å². The van der Waals surface area contributed by atoms with Crippen LogP contribution in [-0.4, -0.2) is 24.5 Å². The first kappa shape index (κ1) is 26.7. The molecule has 5 heteroatoms. The Kier molecular flexibility index (Phi) is 16.4. The zero-order chi connectivity index (χ0) is 21.9. The van der Waals surface area contributed by atoms with Gasteiger partial charge in [-0.15, -0.1) is 11.3 Å². The summed E-state index contributed by atoms with van der Waals surface area (Å²) in [7, 11) is 0. The van der Waals surface area contributed by atoms with E-state index < -0.39 is 6.04 Å². The van der Waals surface area contributed by atoms with Crippen molar-refractivity contribution in [3.05, 3.63) is 22.4 Å². The normalized spacial score (nSPS) is 11.9. The molecule has 30 heavy (non-hydrogen) atoms. The van der Waals surface area contributed by atoms with Crippen molar-refractivity contribution in [2.45, 2.75) is 116 Å². The van der Waals surface area contributed by atoms with Crippen LogP contribution in [0, 0.1) is 0 Å². The van der Waals surface area contributed by atoms with Crippen molar-refractivity contribution in [3.8, 4) is 0 Å². The van der Waals surface area contributed by atoms with Crippen molar-refractivity contribution in [3.63, 3.8) is 0 Å². The molecule has 1 rings (SSSR count). The van der Waals surface area contributed by atoms with Crippen LogP contribution in [0.2, 0.25) is 0 Å². The number of carbonyl (C=O) groups is 2. The number of esters is 1. The number of ether oxygens (including phenoxy) is 1. The number of amides is 1. The Morgan fingerprint density at radius 2 is 1.37 bits per heavy atom. The first-order valence-electron chi connectivity index (χ1n) is 12.2. The molecule has 0 fully saturated rings. The Bertz CT molecular complexity index is 545. The minimum atomic E-state index is -0.615. The highest BCUT2D eigenvalue weighted by atomic mass is 32.1. The highest BCUT2D eigenvalue weighted by Crippen LogP contribution is 2.13. The monoisotopic (exact) mass is 437 g/mol. The van der Waals surface area contributed by atoms with E-state index in [9.17, 15) is 9.59 Å². The lowest BCUT2D eigenvalue weighted by Crippen LogP contribution is -2.39. The average molecular weight is 438 g/mol. The maximum atomic E-state index is 12.0. The molecule has 0 aliphatic rings. The third-order valence-electron chi connectivity index (χ3n) is 5.44. The van der Waals surface area contributed by atoms with Gasteiger partial charge in [-0.25, -0.2) is 4.79 Å². The van der Waals surface area contributed by atoms with Gasteiger partial charge in [-0.3, -0.25) is 4.79 Å². The minimum Gasteiger partial charge on any atom is -0.464 e. The van der Waals surface area contributed by atoms with Crippen LogP contribution in [0.1, 0.15) is 120 Å². The van der Waals surface area contributed by atoms with Gasteiger partial charge in [-0.05, 0) is 24.8 Å². The van der Waals surface area contributed by atoms with Crippen molar-refractivity contribution in [2.75, 3.05) is 6.61 Å². The third-order valence-corrected chi connectivity index (χ3v) is 6.31. The molecule has 0 aliphatic heterocycles. The number of rotatable bonds is 19. The molecule has 1 heterocycles. The highest BCUT2D eigenvalue weighted by Gasteiger charge is 2.18. The van der Waals surface area contributed by atoms with E-state index in [1.54, 1.807) is 13.0 Å². The quantitative estimate of drug-likeness (QED) is 0.183. The zero-order valence-corrected chi connectivity index (χ0v) is 20.1. The van der Waals surface area contributed by atoms with E-state index in [-0.39, 0.29) is 11.9 Å². The molecule has 172 valence electrons. The van der Waals surface area contributed by atoms with Crippen LogP contribution in [0.3, 0.4) is 0 Å². The summed E-state index contributed by atoms with van der Waals surface area (Å²) in [4.78, 5) is 24.5. The van der Waals surface area contributed by atoms with Gasteiger partial charge in [0.15, 0.2) is 0 Å². The fourth-order valence-electron chi connectivity index (χ4n) is 3.51. The summed E-state index contributed by atoms with van der Waals surface area (Å²) in [6.45, 7) is 4.38. The van der Waals surface area contributed by atoms with Crippen LogP contribution in [0.25, 0.3) is 0 Å². The van der Waals surface area contributed by atoms with E-state index in [2.05, 4.69) is 12.2 Å². The Labute approximate surface area is 188 Å². The van der Waals surface area contributed by atoms with Crippen molar-refractivity contribution in [1.29, 1.82) is 0 Å². The number of nitrogens with one attached hydrogen (secondary N) is 1. The molecule has 0 spiro atoms. The molecular weight excluding hydrogens is 394 g/mol. The minimum absolute atomic E-state index is 0.221. The second kappa shape index (κ2) is 18.4. The van der Waals surface area contributed by atoms with Crippen LogP contribution in [0.4, 0.5) is 0 Å². The smallest absolute Gasteiger partial charge is 0.328 e. The zero-order valence-electron chi connectivity index (χ0n) is 19.3. The summed E-state index contributed by atoms with van der Waals surface area (Å²) in [5, 5.41) is 4.53. The Morgan fingerprint density at radius 3 is 1.83 bits per heavy atom. The predicted molar refractivity (Wildman–Crippen MR) is 127 cm³/mol. The van der Waals surface area contributed by atoms with Gasteiger partial charge < -0.3 is 10.1 Å². The molecule has 1 N–H and O–H groups in total. The number of unbranched alkanes of at least 4 members (excludes halogenated alkanes) is 14. The SMILES string of the molecule is CCCCCCCCCCCCCCCCCOC(=O)C(C)NC(=O)c1cccs1. The lowest BCUT2D eigenvalue weighted by Gasteiger charge is -2.12. The molecule has 0 saturated heterocycles. The summed E-state index contributed by atoms with van der Waals surface area (Å²) in [5.74, 6) is -0.577.